The highest BCUT2D eigenvalue weighted by molar-refractivity contribution is 5.94. The Kier molecular flexibility index (Phi) is 5.58. The predicted molar refractivity (Wildman–Crippen MR) is 92.4 cm³/mol. The first-order valence-electron chi connectivity index (χ1n) is 7.74. The lowest BCUT2D eigenvalue weighted by Gasteiger charge is -2.15. The van der Waals surface area contributed by atoms with Crippen molar-refractivity contribution in [1.82, 2.24) is 0 Å². The number of anilines is 1. The van der Waals surface area contributed by atoms with E-state index in [4.69, 9.17) is 9.84 Å². The molecule has 0 aromatic heterocycles. The number of carbonyl (C=O) groups is 2. The van der Waals surface area contributed by atoms with Gasteiger partial charge in [0, 0.05) is 5.69 Å². The van der Waals surface area contributed by atoms with E-state index in [1.807, 2.05) is 25.1 Å². The predicted octanol–water partition coefficient (Wildman–Crippen LogP) is 3.59. The number of nitrogens with one attached hydrogen (secondary N) is 1. The largest absolute Gasteiger partial charge is 0.481 e. The summed E-state index contributed by atoms with van der Waals surface area (Å²) in [4.78, 5) is 23.2. The summed E-state index contributed by atoms with van der Waals surface area (Å²) in [5, 5.41) is 11.8. The van der Waals surface area contributed by atoms with Crippen molar-refractivity contribution in [3.63, 3.8) is 0 Å². The van der Waals surface area contributed by atoms with Gasteiger partial charge in [-0.05, 0) is 56.2 Å². The van der Waals surface area contributed by atoms with Crippen molar-refractivity contribution < 1.29 is 19.4 Å². The maximum absolute atomic E-state index is 12.2. The Bertz CT molecular complexity index is 724. The molecule has 126 valence electrons. The molecule has 2 atom stereocenters. The molecule has 0 aliphatic heterocycles. The minimum atomic E-state index is -0.882. The van der Waals surface area contributed by atoms with Crippen LogP contribution in [0.5, 0.6) is 5.75 Å². The molecule has 0 bridgehead atoms. The molecule has 0 aliphatic rings. The Labute approximate surface area is 141 Å². The lowest BCUT2D eigenvalue weighted by Crippen LogP contribution is -2.30. The number of benzene rings is 2. The van der Waals surface area contributed by atoms with E-state index >= 15 is 0 Å². The van der Waals surface area contributed by atoms with E-state index < -0.39 is 18.0 Å². The van der Waals surface area contributed by atoms with Gasteiger partial charge in [-0.25, -0.2) is 0 Å². The number of rotatable bonds is 6. The lowest BCUT2D eigenvalue weighted by atomic mass is 10.0. The van der Waals surface area contributed by atoms with Gasteiger partial charge in [0.2, 0.25) is 0 Å². The fourth-order valence-corrected chi connectivity index (χ4v) is 2.19. The molecule has 5 nitrogen and oxygen atoms in total. The highest BCUT2D eigenvalue weighted by atomic mass is 16.5. The standard InChI is InChI=1S/C19H21NO4/c1-12-5-4-6-17(11-12)24-14(3)18(21)20-16-9-7-15(8-10-16)13(2)19(22)23/h4-11,13-14H,1-3H3,(H,20,21)(H,22,23). The number of carboxylic acids is 1. The van der Waals surface area contributed by atoms with Crippen LogP contribution < -0.4 is 10.1 Å². The Morgan fingerprint density at radius 2 is 1.75 bits per heavy atom. The second kappa shape index (κ2) is 7.64. The van der Waals surface area contributed by atoms with Gasteiger partial charge in [-0.3, -0.25) is 9.59 Å². The molecule has 2 rings (SSSR count). The highest BCUT2D eigenvalue weighted by Crippen LogP contribution is 2.19. The average molecular weight is 327 g/mol. The van der Waals surface area contributed by atoms with Gasteiger partial charge >= 0.3 is 5.97 Å². The topological polar surface area (TPSA) is 75.6 Å². The first-order valence-corrected chi connectivity index (χ1v) is 7.74. The van der Waals surface area contributed by atoms with Crippen molar-refractivity contribution in [2.45, 2.75) is 32.8 Å². The van der Waals surface area contributed by atoms with Crippen LogP contribution in [0.1, 0.15) is 30.9 Å². The van der Waals surface area contributed by atoms with E-state index in [9.17, 15) is 9.59 Å². The SMILES string of the molecule is Cc1cccc(OC(C)C(=O)Nc2ccc(C(C)C(=O)O)cc2)c1. The zero-order valence-corrected chi connectivity index (χ0v) is 13.9. The van der Waals surface area contributed by atoms with Crippen LogP contribution in [0, 0.1) is 6.92 Å². The summed E-state index contributed by atoms with van der Waals surface area (Å²) in [6, 6.07) is 14.3. The molecule has 0 heterocycles. The molecule has 0 aliphatic carbocycles. The molecular weight excluding hydrogens is 306 g/mol. The summed E-state index contributed by atoms with van der Waals surface area (Å²) >= 11 is 0. The normalized spacial score (nSPS) is 13.0. The maximum Gasteiger partial charge on any atom is 0.310 e. The van der Waals surface area contributed by atoms with Crippen LogP contribution in [-0.2, 0) is 9.59 Å². The minimum Gasteiger partial charge on any atom is -0.481 e. The molecule has 2 unspecified atom stereocenters. The maximum atomic E-state index is 12.2. The zero-order valence-electron chi connectivity index (χ0n) is 13.9. The molecule has 2 N–H and O–H groups in total. The van der Waals surface area contributed by atoms with Gasteiger partial charge in [0.25, 0.3) is 5.91 Å². The van der Waals surface area contributed by atoms with Crippen LogP contribution in [-0.4, -0.2) is 23.1 Å². The van der Waals surface area contributed by atoms with E-state index in [-0.39, 0.29) is 5.91 Å². The third kappa shape index (κ3) is 4.59. The molecule has 5 heteroatoms. The molecule has 0 radical (unpaired) electrons. The van der Waals surface area contributed by atoms with Crippen molar-refractivity contribution in [2.24, 2.45) is 0 Å². The quantitative estimate of drug-likeness (QED) is 0.850. The van der Waals surface area contributed by atoms with Gasteiger partial charge < -0.3 is 15.2 Å². The molecule has 1 amide bonds. The van der Waals surface area contributed by atoms with E-state index in [2.05, 4.69) is 5.32 Å². The molecule has 0 saturated carbocycles. The number of amides is 1. The number of hydrogen-bond donors (Lipinski definition) is 2. The number of carboxylic acid groups (broad SMARTS) is 1. The van der Waals surface area contributed by atoms with Gasteiger partial charge in [-0.1, -0.05) is 24.3 Å². The van der Waals surface area contributed by atoms with Crippen LogP contribution in [0.3, 0.4) is 0 Å². The van der Waals surface area contributed by atoms with Gasteiger partial charge in [0.15, 0.2) is 6.10 Å². The van der Waals surface area contributed by atoms with E-state index in [1.165, 1.54) is 0 Å². The molecular formula is C19H21NO4. The number of ether oxygens (including phenoxy) is 1. The van der Waals surface area contributed by atoms with Crippen molar-refractivity contribution in [2.75, 3.05) is 5.32 Å². The third-order valence-electron chi connectivity index (χ3n) is 3.72. The van der Waals surface area contributed by atoms with Crippen LogP contribution in [0.15, 0.2) is 48.5 Å². The van der Waals surface area contributed by atoms with E-state index in [1.54, 1.807) is 44.2 Å². The Morgan fingerprint density at radius 3 is 2.33 bits per heavy atom. The summed E-state index contributed by atoms with van der Waals surface area (Å²) in [6.45, 7) is 5.25. The molecule has 24 heavy (non-hydrogen) atoms. The fraction of sp³-hybridized carbons (Fsp3) is 0.263. The van der Waals surface area contributed by atoms with Crippen LogP contribution in [0.2, 0.25) is 0 Å². The van der Waals surface area contributed by atoms with Crippen molar-refractivity contribution in [3.05, 3.63) is 59.7 Å². The van der Waals surface area contributed by atoms with Gasteiger partial charge in [0.1, 0.15) is 5.75 Å². The van der Waals surface area contributed by atoms with Crippen LogP contribution in [0.25, 0.3) is 0 Å². The molecule has 2 aromatic carbocycles. The first-order chi connectivity index (χ1) is 11.4. The second-order valence-electron chi connectivity index (χ2n) is 5.75. The lowest BCUT2D eigenvalue weighted by molar-refractivity contribution is -0.138. The summed E-state index contributed by atoms with van der Waals surface area (Å²) in [5.74, 6) is -1.09. The third-order valence-corrected chi connectivity index (χ3v) is 3.72. The number of carbonyl (C=O) groups excluding carboxylic acids is 1. The van der Waals surface area contributed by atoms with Crippen molar-refractivity contribution in [3.8, 4) is 5.75 Å². The number of hydrogen-bond acceptors (Lipinski definition) is 3. The zero-order chi connectivity index (χ0) is 17.7. The Morgan fingerprint density at radius 1 is 1.08 bits per heavy atom. The molecule has 0 spiro atoms. The number of aryl methyl sites for hydroxylation is 1. The van der Waals surface area contributed by atoms with Gasteiger partial charge in [-0.2, -0.15) is 0 Å². The number of aliphatic carboxylic acids is 1. The second-order valence-corrected chi connectivity index (χ2v) is 5.75. The Hall–Kier alpha value is -2.82. The van der Waals surface area contributed by atoms with E-state index in [0.29, 0.717) is 17.0 Å². The van der Waals surface area contributed by atoms with Crippen molar-refractivity contribution >= 4 is 17.6 Å². The minimum absolute atomic E-state index is 0.268. The van der Waals surface area contributed by atoms with Crippen molar-refractivity contribution in [1.29, 1.82) is 0 Å². The first kappa shape index (κ1) is 17.5. The summed E-state index contributed by atoms with van der Waals surface area (Å²) < 4.78 is 5.63. The molecule has 0 saturated heterocycles. The monoisotopic (exact) mass is 327 g/mol. The van der Waals surface area contributed by atoms with E-state index in [0.717, 1.165) is 5.56 Å². The highest BCUT2D eigenvalue weighted by Gasteiger charge is 2.16. The van der Waals surface area contributed by atoms with Crippen LogP contribution >= 0.6 is 0 Å². The van der Waals surface area contributed by atoms with Crippen LogP contribution in [0.4, 0.5) is 5.69 Å². The van der Waals surface area contributed by atoms with Gasteiger partial charge in [-0.15, -0.1) is 0 Å². The summed E-state index contributed by atoms with van der Waals surface area (Å²) in [6.07, 6.45) is -0.649. The summed E-state index contributed by atoms with van der Waals surface area (Å²) in [7, 11) is 0. The molecule has 0 fully saturated rings. The van der Waals surface area contributed by atoms with Gasteiger partial charge in [0.05, 0.1) is 5.92 Å². The molecule has 2 aromatic rings. The summed E-state index contributed by atoms with van der Waals surface area (Å²) in [5.41, 5.74) is 2.34. The Balaban J connectivity index is 1.97. The average Bonchev–Trinajstić information content (AvgIpc) is 2.54. The fourth-order valence-electron chi connectivity index (χ4n) is 2.19. The smallest absolute Gasteiger partial charge is 0.310 e.